The van der Waals surface area contributed by atoms with Gasteiger partial charge in [0.2, 0.25) is 0 Å². The molecule has 7 nitrogen and oxygen atoms in total. The number of aromatic nitrogens is 4. The Morgan fingerprint density at radius 3 is 3.17 bits per heavy atom. The van der Waals surface area contributed by atoms with Gasteiger partial charge in [0, 0.05) is 31.6 Å². The van der Waals surface area contributed by atoms with E-state index in [-0.39, 0.29) is 11.8 Å². The number of hydrogen-bond donors (Lipinski definition) is 0. The van der Waals surface area contributed by atoms with E-state index in [1.807, 2.05) is 40.6 Å². The molecule has 3 aromatic heterocycles. The summed E-state index contributed by atoms with van der Waals surface area (Å²) < 4.78 is 7.30. The molecule has 3 aromatic rings. The van der Waals surface area contributed by atoms with E-state index in [1.54, 1.807) is 0 Å². The molecule has 1 amide bonds. The van der Waals surface area contributed by atoms with Crippen LogP contribution in [0.25, 0.3) is 5.65 Å². The predicted octanol–water partition coefficient (Wildman–Crippen LogP) is 2.30. The predicted molar refractivity (Wildman–Crippen MR) is 86.7 cm³/mol. The second-order valence-electron chi connectivity index (χ2n) is 6.06. The highest BCUT2D eigenvalue weighted by Crippen LogP contribution is 2.27. The minimum atomic E-state index is -0.0564. The molecule has 0 aliphatic carbocycles. The third kappa shape index (κ3) is 2.46. The molecule has 0 radical (unpaired) electrons. The summed E-state index contributed by atoms with van der Waals surface area (Å²) in [7, 11) is 0. The molecular weight excluding hydrogens is 306 g/mol. The number of nitrogens with zero attached hydrogens (tertiary/aromatic N) is 5. The maximum atomic E-state index is 12.8. The number of pyridine rings is 1. The quantitative estimate of drug-likeness (QED) is 0.738. The minimum Gasteiger partial charge on any atom is -0.448 e. The molecule has 7 heteroatoms. The first-order valence-corrected chi connectivity index (χ1v) is 8.29. The van der Waals surface area contributed by atoms with Gasteiger partial charge in [-0.2, -0.15) is 0 Å². The topological polar surface area (TPSA) is 76.5 Å². The Kier molecular flexibility index (Phi) is 3.76. The number of hydrogen-bond acceptors (Lipinski definition) is 5. The number of oxazole rings is 1. The summed E-state index contributed by atoms with van der Waals surface area (Å²) in [6.45, 7) is 3.32. The lowest BCUT2D eigenvalue weighted by atomic mass is 9.97. The number of likely N-dealkylation sites (tertiary alicyclic amines) is 1. The lowest BCUT2D eigenvalue weighted by molar-refractivity contribution is 0.0696. The summed E-state index contributed by atoms with van der Waals surface area (Å²) in [5, 5.41) is 8.57. The Morgan fingerprint density at radius 2 is 2.29 bits per heavy atom. The van der Waals surface area contributed by atoms with Crippen molar-refractivity contribution in [1.82, 2.24) is 24.5 Å². The molecule has 0 unspecified atom stereocenters. The van der Waals surface area contributed by atoms with Crippen LogP contribution in [0.15, 0.2) is 35.2 Å². The molecule has 4 heterocycles. The van der Waals surface area contributed by atoms with Crippen LogP contribution in [-0.4, -0.2) is 43.5 Å². The maximum Gasteiger partial charge on any atom is 0.276 e. The monoisotopic (exact) mass is 325 g/mol. The first-order chi connectivity index (χ1) is 11.8. The molecule has 0 aromatic carbocycles. The number of carbonyl (C=O) groups is 1. The van der Waals surface area contributed by atoms with E-state index in [4.69, 9.17) is 4.42 Å². The molecule has 1 saturated heterocycles. The first-order valence-electron chi connectivity index (χ1n) is 8.29. The molecular formula is C17H19N5O2. The van der Waals surface area contributed by atoms with Crippen molar-refractivity contribution in [1.29, 1.82) is 0 Å². The van der Waals surface area contributed by atoms with Crippen molar-refractivity contribution in [2.45, 2.75) is 32.1 Å². The highest BCUT2D eigenvalue weighted by Gasteiger charge is 2.30. The fourth-order valence-electron chi connectivity index (χ4n) is 3.36. The van der Waals surface area contributed by atoms with Crippen molar-refractivity contribution in [3.63, 3.8) is 0 Å². The van der Waals surface area contributed by atoms with Crippen LogP contribution in [0, 0.1) is 0 Å². The third-order valence-corrected chi connectivity index (χ3v) is 4.58. The summed E-state index contributed by atoms with van der Waals surface area (Å²) in [6, 6.07) is 5.85. The van der Waals surface area contributed by atoms with Gasteiger partial charge in [0.25, 0.3) is 5.91 Å². The molecule has 1 atom stereocenters. The van der Waals surface area contributed by atoms with Crippen molar-refractivity contribution in [3.05, 3.63) is 48.1 Å². The van der Waals surface area contributed by atoms with Crippen LogP contribution < -0.4 is 0 Å². The lowest BCUT2D eigenvalue weighted by Crippen LogP contribution is -2.40. The highest BCUT2D eigenvalue weighted by molar-refractivity contribution is 5.93. The van der Waals surface area contributed by atoms with Crippen LogP contribution in [0.1, 0.15) is 47.8 Å². The van der Waals surface area contributed by atoms with Gasteiger partial charge < -0.3 is 9.32 Å². The fraction of sp³-hybridized carbons (Fsp3) is 0.412. The smallest absolute Gasteiger partial charge is 0.276 e. The van der Waals surface area contributed by atoms with E-state index in [9.17, 15) is 4.79 Å². The molecule has 0 spiro atoms. The SMILES string of the molecule is CCc1ocnc1C(=O)N1CCC[C@H](c2nnc3ccccn23)C1. The van der Waals surface area contributed by atoms with Crippen molar-refractivity contribution in [3.8, 4) is 0 Å². The number of fused-ring (bicyclic) bond motifs is 1. The molecule has 124 valence electrons. The zero-order valence-corrected chi connectivity index (χ0v) is 13.6. The summed E-state index contributed by atoms with van der Waals surface area (Å²) in [4.78, 5) is 18.7. The molecule has 24 heavy (non-hydrogen) atoms. The normalized spacial score (nSPS) is 18.2. The lowest BCUT2D eigenvalue weighted by Gasteiger charge is -2.31. The average Bonchev–Trinajstić information content (AvgIpc) is 3.27. The van der Waals surface area contributed by atoms with E-state index in [0.717, 1.165) is 30.9 Å². The minimum absolute atomic E-state index is 0.0564. The zero-order chi connectivity index (χ0) is 16.5. The van der Waals surface area contributed by atoms with Gasteiger partial charge in [-0.1, -0.05) is 13.0 Å². The van der Waals surface area contributed by atoms with Gasteiger partial charge in [0.15, 0.2) is 17.7 Å². The van der Waals surface area contributed by atoms with Gasteiger partial charge in [-0.3, -0.25) is 9.20 Å². The Hall–Kier alpha value is -2.70. The van der Waals surface area contributed by atoms with E-state index < -0.39 is 0 Å². The van der Waals surface area contributed by atoms with E-state index in [0.29, 0.717) is 24.4 Å². The van der Waals surface area contributed by atoms with Gasteiger partial charge in [-0.05, 0) is 25.0 Å². The largest absolute Gasteiger partial charge is 0.448 e. The van der Waals surface area contributed by atoms with Crippen LogP contribution >= 0.6 is 0 Å². The van der Waals surface area contributed by atoms with Gasteiger partial charge in [-0.15, -0.1) is 10.2 Å². The van der Waals surface area contributed by atoms with E-state index >= 15 is 0 Å². The first kappa shape index (κ1) is 14.9. The molecule has 0 N–H and O–H groups in total. The van der Waals surface area contributed by atoms with Gasteiger partial charge in [-0.25, -0.2) is 4.98 Å². The summed E-state index contributed by atoms with van der Waals surface area (Å²) in [5.74, 6) is 1.69. The van der Waals surface area contributed by atoms with Crippen molar-refractivity contribution in [2.24, 2.45) is 0 Å². The van der Waals surface area contributed by atoms with Crippen LogP contribution in [0.3, 0.4) is 0 Å². The molecule has 1 aliphatic heterocycles. The molecule has 0 saturated carbocycles. The number of carbonyl (C=O) groups excluding carboxylic acids is 1. The summed E-state index contributed by atoms with van der Waals surface area (Å²) in [5.41, 5.74) is 1.27. The fourth-order valence-corrected chi connectivity index (χ4v) is 3.36. The van der Waals surface area contributed by atoms with E-state index in [2.05, 4.69) is 15.2 Å². The standard InChI is InChI=1S/C17H19N5O2/c1-2-13-15(18-11-24-13)17(23)21-8-5-6-12(10-21)16-20-19-14-7-3-4-9-22(14)16/h3-4,7,9,11-12H,2,5-6,8,10H2,1H3/t12-/m0/s1. The maximum absolute atomic E-state index is 12.8. The number of aryl methyl sites for hydroxylation is 1. The van der Waals surface area contributed by atoms with Crippen LogP contribution in [0.5, 0.6) is 0 Å². The average molecular weight is 325 g/mol. The number of rotatable bonds is 3. The number of piperidine rings is 1. The van der Waals surface area contributed by atoms with Gasteiger partial charge in [0.05, 0.1) is 0 Å². The van der Waals surface area contributed by atoms with E-state index in [1.165, 1.54) is 6.39 Å². The molecule has 4 rings (SSSR count). The van der Waals surface area contributed by atoms with Gasteiger partial charge >= 0.3 is 0 Å². The molecule has 0 bridgehead atoms. The van der Waals surface area contributed by atoms with Crippen LogP contribution in [0.4, 0.5) is 0 Å². The second kappa shape index (κ2) is 6.07. The highest BCUT2D eigenvalue weighted by atomic mass is 16.3. The number of amides is 1. The van der Waals surface area contributed by atoms with Crippen molar-refractivity contribution in [2.75, 3.05) is 13.1 Å². The Labute approximate surface area is 139 Å². The summed E-state index contributed by atoms with van der Waals surface area (Å²) in [6.07, 6.45) is 5.92. The molecule has 1 aliphatic rings. The second-order valence-corrected chi connectivity index (χ2v) is 6.06. The third-order valence-electron chi connectivity index (χ3n) is 4.58. The summed E-state index contributed by atoms with van der Waals surface area (Å²) >= 11 is 0. The Morgan fingerprint density at radius 1 is 1.38 bits per heavy atom. The Balaban J connectivity index is 1.59. The Bertz CT molecular complexity index is 869. The molecule has 1 fully saturated rings. The van der Waals surface area contributed by atoms with Gasteiger partial charge in [0.1, 0.15) is 11.6 Å². The van der Waals surface area contributed by atoms with Crippen molar-refractivity contribution < 1.29 is 9.21 Å². The van der Waals surface area contributed by atoms with Crippen LogP contribution in [0.2, 0.25) is 0 Å². The van der Waals surface area contributed by atoms with Crippen LogP contribution in [-0.2, 0) is 6.42 Å². The zero-order valence-electron chi connectivity index (χ0n) is 13.6. The van der Waals surface area contributed by atoms with Crippen molar-refractivity contribution >= 4 is 11.6 Å².